The Morgan fingerprint density at radius 2 is 2.12 bits per heavy atom. The number of Topliss-reactive ketones (excluding diaryl/α,β-unsaturated/α-hetero) is 1. The minimum atomic E-state index is -0.483. The molecule has 0 saturated carbocycles. The fourth-order valence-corrected chi connectivity index (χ4v) is 1.68. The summed E-state index contributed by atoms with van der Waals surface area (Å²) in [6, 6.07) is 5.05. The van der Waals surface area contributed by atoms with Gasteiger partial charge in [-0.25, -0.2) is 4.79 Å². The van der Waals surface area contributed by atoms with Crippen LogP contribution in [0.2, 0.25) is 0 Å². The Hall–Kier alpha value is -1.36. The summed E-state index contributed by atoms with van der Waals surface area (Å²) >= 11 is 3.09. The van der Waals surface area contributed by atoms with Crippen molar-refractivity contribution in [2.75, 3.05) is 17.7 Å². The van der Waals surface area contributed by atoms with E-state index < -0.39 is 5.97 Å². The first-order chi connectivity index (χ1) is 8.10. The zero-order valence-electron chi connectivity index (χ0n) is 9.53. The Balaban J connectivity index is 3.08. The summed E-state index contributed by atoms with van der Waals surface area (Å²) in [7, 11) is 0. The molecule has 0 amide bonds. The second-order valence-corrected chi connectivity index (χ2v) is 4.01. The van der Waals surface area contributed by atoms with Crippen molar-refractivity contribution in [3.63, 3.8) is 0 Å². The van der Waals surface area contributed by atoms with Crippen LogP contribution < -0.4 is 5.73 Å². The molecule has 4 nitrogen and oxygen atoms in total. The fourth-order valence-electron chi connectivity index (χ4n) is 1.48. The molecule has 0 fully saturated rings. The van der Waals surface area contributed by atoms with E-state index in [0.29, 0.717) is 16.8 Å². The maximum absolute atomic E-state index is 11.7. The molecule has 5 heteroatoms. The quantitative estimate of drug-likeness (QED) is 0.512. The highest BCUT2D eigenvalue weighted by Crippen LogP contribution is 2.19. The lowest BCUT2D eigenvalue weighted by atomic mass is 10.0. The number of alkyl halides is 1. The Labute approximate surface area is 108 Å². The standard InChI is InChI=1S/C12H14BrNO3/c1-2-17-12(16)11-8(6-9(15)7-13)4-3-5-10(11)14/h3-5H,2,6-7,14H2,1H3. The number of carbonyl (C=O) groups excluding carboxylic acids is 2. The monoisotopic (exact) mass is 299 g/mol. The van der Waals surface area contributed by atoms with Gasteiger partial charge in [-0.3, -0.25) is 4.79 Å². The van der Waals surface area contributed by atoms with E-state index in [1.165, 1.54) is 0 Å². The van der Waals surface area contributed by atoms with Crippen LogP contribution in [0.1, 0.15) is 22.8 Å². The molecule has 0 bridgehead atoms. The summed E-state index contributed by atoms with van der Waals surface area (Å²) in [5.74, 6) is -0.496. The van der Waals surface area contributed by atoms with Gasteiger partial charge in [0.15, 0.2) is 0 Å². The lowest BCUT2D eigenvalue weighted by molar-refractivity contribution is -0.115. The summed E-state index contributed by atoms with van der Waals surface area (Å²) in [5, 5.41) is 0.254. The molecule has 0 spiro atoms. The van der Waals surface area contributed by atoms with Gasteiger partial charge in [0, 0.05) is 12.1 Å². The maximum atomic E-state index is 11.7. The van der Waals surface area contributed by atoms with Crippen LogP contribution in [-0.4, -0.2) is 23.7 Å². The van der Waals surface area contributed by atoms with Crippen LogP contribution in [0.5, 0.6) is 0 Å². The minimum absolute atomic E-state index is 0.0128. The summed E-state index contributed by atoms with van der Waals surface area (Å²) in [5.41, 5.74) is 6.98. The molecule has 1 aromatic carbocycles. The summed E-state index contributed by atoms with van der Waals surface area (Å²) in [6.07, 6.45) is 0.171. The van der Waals surface area contributed by atoms with E-state index >= 15 is 0 Å². The van der Waals surface area contributed by atoms with E-state index in [2.05, 4.69) is 15.9 Å². The molecule has 0 radical (unpaired) electrons. The number of ketones is 1. The van der Waals surface area contributed by atoms with Crippen LogP contribution in [0.15, 0.2) is 18.2 Å². The third-order valence-corrected chi connectivity index (χ3v) is 2.82. The van der Waals surface area contributed by atoms with Gasteiger partial charge in [-0.1, -0.05) is 28.1 Å². The van der Waals surface area contributed by atoms with Gasteiger partial charge in [0.05, 0.1) is 17.5 Å². The Kier molecular flexibility index (Phi) is 5.15. The average molecular weight is 300 g/mol. The van der Waals surface area contributed by atoms with Crippen LogP contribution >= 0.6 is 15.9 Å². The Bertz CT molecular complexity index is 432. The van der Waals surface area contributed by atoms with Gasteiger partial charge in [-0.2, -0.15) is 0 Å². The van der Waals surface area contributed by atoms with E-state index in [0.717, 1.165) is 0 Å². The third kappa shape index (κ3) is 3.56. The smallest absolute Gasteiger partial charge is 0.340 e. The third-order valence-electron chi connectivity index (χ3n) is 2.20. The number of anilines is 1. The molecule has 0 atom stereocenters. The number of rotatable bonds is 5. The molecule has 0 aliphatic rings. The predicted octanol–water partition coefficient (Wildman–Crippen LogP) is 1.95. The lowest BCUT2D eigenvalue weighted by Crippen LogP contribution is -2.14. The molecule has 92 valence electrons. The van der Waals surface area contributed by atoms with Gasteiger partial charge in [0.2, 0.25) is 0 Å². The normalized spacial score (nSPS) is 10.0. The predicted molar refractivity (Wildman–Crippen MR) is 69.3 cm³/mol. The SMILES string of the molecule is CCOC(=O)c1c(N)cccc1CC(=O)CBr. The number of hydrogen-bond acceptors (Lipinski definition) is 4. The Morgan fingerprint density at radius 1 is 1.41 bits per heavy atom. The van der Waals surface area contributed by atoms with Crippen molar-refractivity contribution in [3.8, 4) is 0 Å². The van der Waals surface area contributed by atoms with Crippen molar-refractivity contribution in [3.05, 3.63) is 29.3 Å². The molecule has 0 saturated heterocycles. The highest BCUT2D eigenvalue weighted by atomic mass is 79.9. The number of halogens is 1. The molecule has 17 heavy (non-hydrogen) atoms. The molecule has 0 unspecified atom stereocenters. The molecular weight excluding hydrogens is 286 g/mol. The number of hydrogen-bond donors (Lipinski definition) is 1. The zero-order chi connectivity index (χ0) is 12.8. The van der Waals surface area contributed by atoms with Crippen molar-refractivity contribution >= 4 is 33.4 Å². The summed E-state index contributed by atoms with van der Waals surface area (Å²) in [6.45, 7) is 2.00. The van der Waals surface area contributed by atoms with Gasteiger partial charge >= 0.3 is 5.97 Å². The molecule has 0 aliphatic heterocycles. The van der Waals surface area contributed by atoms with E-state index in [1.807, 2.05) is 0 Å². The molecule has 0 aliphatic carbocycles. The van der Waals surface area contributed by atoms with Crippen molar-refractivity contribution in [1.29, 1.82) is 0 Å². The van der Waals surface area contributed by atoms with Crippen molar-refractivity contribution in [2.45, 2.75) is 13.3 Å². The minimum Gasteiger partial charge on any atom is -0.462 e. The molecule has 1 rings (SSSR count). The van der Waals surface area contributed by atoms with Gasteiger partial charge in [-0.15, -0.1) is 0 Å². The van der Waals surface area contributed by atoms with Crippen molar-refractivity contribution in [1.82, 2.24) is 0 Å². The molecule has 0 aromatic heterocycles. The van der Waals surface area contributed by atoms with Gasteiger partial charge < -0.3 is 10.5 Å². The van der Waals surface area contributed by atoms with Crippen LogP contribution in [0.3, 0.4) is 0 Å². The lowest BCUT2D eigenvalue weighted by Gasteiger charge is -2.10. The number of benzene rings is 1. The number of nitrogens with two attached hydrogens (primary N) is 1. The highest BCUT2D eigenvalue weighted by Gasteiger charge is 2.17. The molecule has 0 heterocycles. The number of nitrogen functional groups attached to an aromatic ring is 1. The summed E-state index contributed by atoms with van der Waals surface area (Å²) < 4.78 is 4.92. The first-order valence-corrected chi connectivity index (χ1v) is 6.34. The number of carbonyl (C=O) groups is 2. The number of ether oxygens (including phenoxy) is 1. The highest BCUT2D eigenvalue weighted by molar-refractivity contribution is 9.09. The molecular formula is C12H14BrNO3. The topological polar surface area (TPSA) is 69.4 Å². The van der Waals surface area contributed by atoms with E-state index in [-0.39, 0.29) is 24.1 Å². The maximum Gasteiger partial charge on any atom is 0.340 e. The van der Waals surface area contributed by atoms with Crippen molar-refractivity contribution in [2.24, 2.45) is 0 Å². The van der Waals surface area contributed by atoms with Crippen LogP contribution in [-0.2, 0) is 16.0 Å². The van der Waals surface area contributed by atoms with E-state index in [9.17, 15) is 9.59 Å². The van der Waals surface area contributed by atoms with E-state index in [1.54, 1.807) is 25.1 Å². The zero-order valence-corrected chi connectivity index (χ0v) is 11.1. The summed E-state index contributed by atoms with van der Waals surface area (Å²) in [4.78, 5) is 23.1. The second kappa shape index (κ2) is 6.39. The van der Waals surface area contributed by atoms with Crippen LogP contribution in [0.4, 0.5) is 5.69 Å². The van der Waals surface area contributed by atoms with Gasteiger partial charge in [0.25, 0.3) is 0 Å². The fraction of sp³-hybridized carbons (Fsp3) is 0.333. The first-order valence-electron chi connectivity index (χ1n) is 5.22. The molecule has 2 N–H and O–H groups in total. The Morgan fingerprint density at radius 3 is 2.71 bits per heavy atom. The van der Waals surface area contributed by atoms with Crippen LogP contribution in [0.25, 0.3) is 0 Å². The number of esters is 1. The van der Waals surface area contributed by atoms with Gasteiger partial charge in [-0.05, 0) is 18.6 Å². The average Bonchev–Trinajstić information content (AvgIpc) is 2.29. The van der Waals surface area contributed by atoms with Gasteiger partial charge in [0.1, 0.15) is 5.78 Å². The van der Waals surface area contributed by atoms with E-state index in [4.69, 9.17) is 10.5 Å². The largest absolute Gasteiger partial charge is 0.462 e. The van der Waals surface area contributed by atoms with Crippen molar-refractivity contribution < 1.29 is 14.3 Å². The second-order valence-electron chi connectivity index (χ2n) is 3.45. The first kappa shape index (κ1) is 13.7. The molecule has 1 aromatic rings. The van der Waals surface area contributed by atoms with Crippen LogP contribution in [0, 0.1) is 0 Å².